The Balaban J connectivity index is 1.73. The van der Waals surface area contributed by atoms with E-state index in [1.807, 2.05) is 6.92 Å². The van der Waals surface area contributed by atoms with Gasteiger partial charge in [-0.1, -0.05) is 18.2 Å². The quantitative estimate of drug-likeness (QED) is 0.843. The topological polar surface area (TPSA) is 32.3 Å². The highest BCUT2D eigenvalue weighted by atomic mass is 15.3. The van der Waals surface area contributed by atoms with Crippen LogP contribution in [0.4, 0.5) is 17.3 Å². The molecule has 0 amide bonds. The Bertz CT molecular complexity index is 706. The summed E-state index contributed by atoms with van der Waals surface area (Å²) in [6.07, 6.45) is 4.95. The second kappa shape index (κ2) is 5.84. The molecule has 3 heterocycles. The lowest BCUT2D eigenvalue weighted by Crippen LogP contribution is -2.31. The number of benzene rings is 1. The smallest absolute Gasteiger partial charge is 0.139 e. The number of hydrogen-bond donors (Lipinski definition) is 0. The highest BCUT2D eigenvalue weighted by Crippen LogP contribution is 2.38. The summed E-state index contributed by atoms with van der Waals surface area (Å²) in [4.78, 5) is 14.2. The highest BCUT2D eigenvalue weighted by molar-refractivity contribution is 5.70. The molecule has 4 heteroatoms. The number of fused-ring (bicyclic) bond motifs is 1. The second-order valence-electron chi connectivity index (χ2n) is 6.73. The molecule has 1 aromatic carbocycles. The van der Waals surface area contributed by atoms with Crippen LogP contribution >= 0.6 is 0 Å². The number of para-hydroxylation sites is 1. The fraction of sp³-hybridized carbons (Fsp3) is 0.474. The van der Waals surface area contributed by atoms with Gasteiger partial charge in [0.1, 0.15) is 17.5 Å². The van der Waals surface area contributed by atoms with Crippen LogP contribution in [0, 0.1) is 6.92 Å². The van der Waals surface area contributed by atoms with Crippen molar-refractivity contribution in [2.24, 2.45) is 0 Å². The summed E-state index contributed by atoms with van der Waals surface area (Å²) in [5.41, 5.74) is 2.71. The van der Waals surface area contributed by atoms with Gasteiger partial charge in [0.05, 0.1) is 0 Å². The number of rotatable bonds is 2. The molecule has 0 saturated carbocycles. The zero-order chi connectivity index (χ0) is 15.8. The molecule has 2 aliphatic rings. The predicted molar refractivity (Wildman–Crippen MR) is 94.6 cm³/mol. The van der Waals surface area contributed by atoms with Crippen LogP contribution in [0.3, 0.4) is 0 Å². The third kappa shape index (κ3) is 2.67. The minimum absolute atomic E-state index is 0.441. The summed E-state index contributed by atoms with van der Waals surface area (Å²) in [6, 6.07) is 11.3. The summed E-state index contributed by atoms with van der Waals surface area (Å²) in [5.74, 6) is 2.99. The van der Waals surface area contributed by atoms with E-state index in [-0.39, 0.29) is 0 Å². The van der Waals surface area contributed by atoms with Gasteiger partial charge >= 0.3 is 0 Å². The summed E-state index contributed by atoms with van der Waals surface area (Å²) in [6.45, 7) is 6.51. The summed E-state index contributed by atoms with van der Waals surface area (Å²) in [7, 11) is 0. The molecule has 1 aromatic heterocycles. The van der Waals surface area contributed by atoms with Crippen molar-refractivity contribution in [1.82, 2.24) is 9.97 Å². The summed E-state index contributed by atoms with van der Waals surface area (Å²) >= 11 is 0. The molecule has 1 fully saturated rings. The Hall–Kier alpha value is -2.10. The zero-order valence-electron chi connectivity index (χ0n) is 14.0. The van der Waals surface area contributed by atoms with Crippen molar-refractivity contribution >= 4 is 17.3 Å². The van der Waals surface area contributed by atoms with Crippen LogP contribution in [0.25, 0.3) is 0 Å². The highest BCUT2D eigenvalue weighted by Gasteiger charge is 2.28. The fourth-order valence-electron chi connectivity index (χ4n) is 3.86. The Kier molecular flexibility index (Phi) is 3.68. The maximum Gasteiger partial charge on any atom is 0.139 e. The molecule has 0 radical (unpaired) electrons. The fourth-order valence-corrected chi connectivity index (χ4v) is 3.86. The van der Waals surface area contributed by atoms with Crippen molar-refractivity contribution in [3.63, 3.8) is 0 Å². The Morgan fingerprint density at radius 1 is 1.00 bits per heavy atom. The summed E-state index contributed by atoms with van der Waals surface area (Å²) in [5, 5.41) is 0. The van der Waals surface area contributed by atoms with Crippen LogP contribution in [0.15, 0.2) is 30.3 Å². The first-order valence-electron chi connectivity index (χ1n) is 8.70. The Labute approximate surface area is 138 Å². The van der Waals surface area contributed by atoms with Crippen LogP contribution in [-0.4, -0.2) is 29.1 Å². The van der Waals surface area contributed by atoms with E-state index >= 15 is 0 Å². The van der Waals surface area contributed by atoms with E-state index in [0.717, 1.165) is 37.0 Å². The van der Waals surface area contributed by atoms with Gasteiger partial charge in [0.15, 0.2) is 0 Å². The van der Waals surface area contributed by atoms with E-state index in [1.165, 1.54) is 30.5 Å². The van der Waals surface area contributed by atoms with E-state index in [1.54, 1.807) is 0 Å². The van der Waals surface area contributed by atoms with E-state index in [0.29, 0.717) is 6.04 Å². The van der Waals surface area contributed by atoms with Crippen molar-refractivity contribution in [2.45, 2.75) is 45.6 Å². The SMILES string of the molecule is Cc1nc(N2CCCCC2)cc(N2c3ccccc3CC2C)n1. The number of aryl methyl sites for hydroxylation is 1. The first kappa shape index (κ1) is 14.5. The van der Waals surface area contributed by atoms with Crippen LogP contribution in [0.5, 0.6) is 0 Å². The van der Waals surface area contributed by atoms with Gasteiger partial charge in [0.2, 0.25) is 0 Å². The third-order valence-corrected chi connectivity index (χ3v) is 4.95. The van der Waals surface area contributed by atoms with Crippen LogP contribution in [0.1, 0.15) is 37.6 Å². The van der Waals surface area contributed by atoms with Gasteiger partial charge in [-0.2, -0.15) is 0 Å². The molecule has 23 heavy (non-hydrogen) atoms. The molecule has 120 valence electrons. The van der Waals surface area contributed by atoms with Gasteiger partial charge in [0, 0.05) is 30.9 Å². The molecule has 0 aliphatic carbocycles. The lowest BCUT2D eigenvalue weighted by molar-refractivity contribution is 0.572. The lowest BCUT2D eigenvalue weighted by atomic mass is 10.1. The minimum Gasteiger partial charge on any atom is -0.356 e. The van der Waals surface area contributed by atoms with Crippen molar-refractivity contribution in [3.05, 3.63) is 41.7 Å². The largest absolute Gasteiger partial charge is 0.356 e. The summed E-state index contributed by atoms with van der Waals surface area (Å²) < 4.78 is 0. The van der Waals surface area contributed by atoms with Gasteiger partial charge < -0.3 is 9.80 Å². The van der Waals surface area contributed by atoms with Crippen molar-refractivity contribution in [1.29, 1.82) is 0 Å². The first-order chi connectivity index (χ1) is 11.2. The monoisotopic (exact) mass is 308 g/mol. The predicted octanol–water partition coefficient (Wildman–Crippen LogP) is 3.86. The third-order valence-electron chi connectivity index (χ3n) is 4.95. The number of piperidine rings is 1. The molecule has 1 unspecified atom stereocenters. The maximum atomic E-state index is 4.75. The average molecular weight is 308 g/mol. The molecule has 4 rings (SSSR count). The average Bonchev–Trinajstić information content (AvgIpc) is 2.91. The molecule has 0 spiro atoms. The van der Waals surface area contributed by atoms with Gasteiger partial charge in [-0.25, -0.2) is 9.97 Å². The van der Waals surface area contributed by atoms with E-state index < -0.39 is 0 Å². The molecular formula is C19H24N4. The molecular weight excluding hydrogens is 284 g/mol. The molecule has 2 aromatic rings. The standard InChI is InChI=1S/C19H24N4/c1-14-12-16-8-4-5-9-17(16)23(14)19-13-18(20-15(2)21-19)22-10-6-3-7-11-22/h4-5,8-9,13-14H,3,6-7,10-12H2,1-2H3. The van der Waals surface area contributed by atoms with Crippen molar-refractivity contribution < 1.29 is 0 Å². The normalized spacial score (nSPS) is 20.7. The molecule has 1 saturated heterocycles. The van der Waals surface area contributed by atoms with Crippen LogP contribution in [0.2, 0.25) is 0 Å². The van der Waals surface area contributed by atoms with E-state index in [9.17, 15) is 0 Å². The number of hydrogen-bond acceptors (Lipinski definition) is 4. The maximum absolute atomic E-state index is 4.75. The molecule has 0 bridgehead atoms. The first-order valence-corrected chi connectivity index (χ1v) is 8.70. The van der Waals surface area contributed by atoms with Crippen LogP contribution < -0.4 is 9.80 Å². The lowest BCUT2D eigenvalue weighted by Gasteiger charge is -2.30. The molecule has 4 nitrogen and oxygen atoms in total. The van der Waals surface area contributed by atoms with Gasteiger partial charge in [-0.3, -0.25) is 0 Å². The minimum atomic E-state index is 0.441. The van der Waals surface area contributed by atoms with Crippen molar-refractivity contribution in [3.8, 4) is 0 Å². The van der Waals surface area contributed by atoms with Crippen molar-refractivity contribution in [2.75, 3.05) is 22.9 Å². The van der Waals surface area contributed by atoms with Gasteiger partial charge in [-0.15, -0.1) is 0 Å². The second-order valence-corrected chi connectivity index (χ2v) is 6.73. The number of nitrogens with zero attached hydrogens (tertiary/aromatic N) is 4. The van der Waals surface area contributed by atoms with Gasteiger partial charge in [-0.05, 0) is 51.2 Å². The van der Waals surface area contributed by atoms with E-state index in [4.69, 9.17) is 9.97 Å². The molecule has 0 N–H and O–H groups in total. The van der Waals surface area contributed by atoms with Crippen LogP contribution in [-0.2, 0) is 6.42 Å². The number of anilines is 3. The Morgan fingerprint density at radius 3 is 2.57 bits per heavy atom. The van der Waals surface area contributed by atoms with Gasteiger partial charge in [0.25, 0.3) is 0 Å². The Morgan fingerprint density at radius 2 is 1.74 bits per heavy atom. The molecule has 2 aliphatic heterocycles. The zero-order valence-corrected chi connectivity index (χ0v) is 14.0. The number of aromatic nitrogens is 2. The molecule has 1 atom stereocenters. The van der Waals surface area contributed by atoms with E-state index in [2.05, 4.69) is 47.1 Å².